The molecule has 2 N–H and O–H groups in total. The van der Waals surface area contributed by atoms with Crippen LogP contribution in [-0.4, -0.2) is 30.8 Å². The number of nitrogens with one attached hydrogen (secondary N) is 2. The van der Waals surface area contributed by atoms with Crippen LogP contribution < -0.4 is 10.6 Å². The number of alkyl carbamates (subject to hydrolysis) is 1. The van der Waals surface area contributed by atoms with Gasteiger partial charge < -0.3 is 15.4 Å². The molecule has 2 fully saturated rings. The lowest BCUT2D eigenvalue weighted by Gasteiger charge is -2.23. The van der Waals surface area contributed by atoms with E-state index in [0.29, 0.717) is 12.0 Å². The quantitative estimate of drug-likeness (QED) is 0.775. The molecule has 1 amide bonds. The number of piperidine rings is 1. The Morgan fingerprint density at radius 1 is 1.29 bits per heavy atom. The predicted octanol–water partition coefficient (Wildman–Crippen LogP) is 1.90. The lowest BCUT2D eigenvalue weighted by atomic mass is 9.93. The Balaban J connectivity index is 1.70. The molecule has 1 aliphatic heterocycles. The molecule has 17 heavy (non-hydrogen) atoms. The van der Waals surface area contributed by atoms with E-state index in [1.54, 1.807) is 0 Å². The van der Waals surface area contributed by atoms with Crippen molar-refractivity contribution < 1.29 is 9.53 Å². The number of rotatable bonds is 2. The minimum absolute atomic E-state index is 0.265. The van der Waals surface area contributed by atoms with Crippen molar-refractivity contribution in [2.45, 2.75) is 51.7 Å². The van der Waals surface area contributed by atoms with Gasteiger partial charge in [-0.3, -0.25) is 0 Å². The first-order valence-corrected chi connectivity index (χ1v) is 6.66. The zero-order valence-electron chi connectivity index (χ0n) is 11.1. The van der Waals surface area contributed by atoms with Crippen LogP contribution in [0, 0.1) is 11.8 Å². The van der Waals surface area contributed by atoms with Gasteiger partial charge in [-0.15, -0.1) is 0 Å². The Morgan fingerprint density at radius 2 is 1.94 bits per heavy atom. The van der Waals surface area contributed by atoms with Crippen molar-refractivity contribution in [3.05, 3.63) is 0 Å². The fraction of sp³-hybridized carbons (Fsp3) is 0.923. The highest BCUT2D eigenvalue weighted by Crippen LogP contribution is 2.41. The van der Waals surface area contributed by atoms with Crippen LogP contribution in [0.1, 0.15) is 40.0 Å². The van der Waals surface area contributed by atoms with Gasteiger partial charge in [0, 0.05) is 6.04 Å². The predicted molar refractivity (Wildman–Crippen MR) is 66.9 cm³/mol. The molecule has 0 aromatic rings. The van der Waals surface area contributed by atoms with Crippen molar-refractivity contribution in [2.75, 3.05) is 13.1 Å². The van der Waals surface area contributed by atoms with Gasteiger partial charge in [-0.2, -0.15) is 0 Å². The molecule has 2 unspecified atom stereocenters. The Hall–Kier alpha value is -0.770. The molecule has 0 radical (unpaired) electrons. The summed E-state index contributed by atoms with van der Waals surface area (Å²) in [5, 5.41) is 6.35. The Labute approximate surface area is 103 Å². The maximum absolute atomic E-state index is 11.6. The van der Waals surface area contributed by atoms with Crippen LogP contribution >= 0.6 is 0 Å². The van der Waals surface area contributed by atoms with Gasteiger partial charge in [0.2, 0.25) is 0 Å². The SMILES string of the molecule is CC(C)(C)OC(=O)NC1CC1C1CCNCC1. The number of carbonyl (C=O) groups is 1. The van der Waals surface area contributed by atoms with Crippen molar-refractivity contribution in [1.82, 2.24) is 10.6 Å². The Kier molecular flexibility index (Phi) is 3.61. The summed E-state index contributed by atoms with van der Waals surface area (Å²) >= 11 is 0. The molecule has 0 aromatic carbocycles. The van der Waals surface area contributed by atoms with Gasteiger partial charge in [0.15, 0.2) is 0 Å². The summed E-state index contributed by atoms with van der Waals surface area (Å²) in [6.07, 6.45) is 3.36. The number of hydrogen-bond acceptors (Lipinski definition) is 3. The van der Waals surface area contributed by atoms with E-state index in [0.717, 1.165) is 25.4 Å². The second-order valence-corrected chi connectivity index (χ2v) is 6.24. The van der Waals surface area contributed by atoms with Crippen molar-refractivity contribution in [3.63, 3.8) is 0 Å². The fourth-order valence-corrected chi connectivity index (χ4v) is 2.63. The van der Waals surface area contributed by atoms with Crippen molar-refractivity contribution in [3.8, 4) is 0 Å². The van der Waals surface area contributed by atoms with E-state index in [1.165, 1.54) is 12.8 Å². The van der Waals surface area contributed by atoms with E-state index in [9.17, 15) is 4.79 Å². The molecular weight excluding hydrogens is 216 g/mol. The van der Waals surface area contributed by atoms with E-state index in [2.05, 4.69) is 10.6 Å². The minimum atomic E-state index is -0.400. The van der Waals surface area contributed by atoms with E-state index < -0.39 is 5.60 Å². The van der Waals surface area contributed by atoms with Gasteiger partial charge in [-0.1, -0.05) is 0 Å². The van der Waals surface area contributed by atoms with Gasteiger partial charge in [0.05, 0.1) is 0 Å². The van der Waals surface area contributed by atoms with Crippen LogP contribution in [-0.2, 0) is 4.74 Å². The Morgan fingerprint density at radius 3 is 2.53 bits per heavy atom. The maximum Gasteiger partial charge on any atom is 0.407 e. The lowest BCUT2D eigenvalue weighted by Crippen LogP contribution is -2.36. The van der Waals surface area contributed by atoms with Crippen LogP contribution in [0.4, 0.5) is 4.79 Å². The van der Waals surface area contributed by atoms with Crippen LogP contribution in [0.5, 0.6) is 0 Å². The highest BCUT2D eigenvalue weighted by atomic mass is 16.6. The summed E-state index contributed by atoms with van der Waals surface area (Å²) in [4.78, 5) is 11.6. The van der Waals surface area contributed by atoms with Gasteiger partial charge in [0.1, 0.15) is 5.60 Å². The molecule has 0 bridgehead atoms. The molecule has 1 aliphatic carbocycles. The van der Waals surface area contributed by atoms with Crippen molar-refractivity contribution >= 4 is 6.09 Å². The third-order valence-corrected chi connectivity index (χ3v) is 3.53. The molecule has 0 spiro atoms. The zero-order chi connectivity index (χ0) is 12.5. The summed E-state index contributed by atoms with van der Waals surface area (Å²) in [5.74, 6) is 1.47. The molecule has 2 rings (SSSR count). The van der Waals surface area contributed by atoms with Crippen molar-refractivity contribution in [2.24, 2.45) is 11.8 Å². The number of amides is 1. The highest BCUT2D eigenvalue weighted by molar-refractivity contribution is 5.68. The third kappa shape index (κ3) is 3.87. The van der Waals surface area contributed by atoms with Crippen LogP contribution in [0.15, 0.2) is 0 Å². The van der Waals surface area contributed by atoms with Gasteiger partial charge in [-0.05, 0) is 65.0 Å². The first-order chi connectivity index (χ1) is 7.96. The number of ether oxygens (including phenoxy) is 1. The third-order valence-electron chi connectivity index (χ3n) is 3.53. The van der Waals surface area contributed by atoms with E-state index in [1.807, 2.05) is 20.8 Å². The summed E-state index contributed by atoms with van der Waals surface area (Å²) in [6, 6.07) is 0.355. The standard InChI is InChI=1S/C13H24N2O2/c1-13(2,3)17-12(16)15-11-8-10(11)9-4-6-14-7-5-9/h9-11,14H,4-8H2,1-3H3,(H,15,16). The summed E-state index contributed by atoms with van der Waals surface area (Å²) < 4.78 is 5.26. The average Bonchev–Trinajstić information content (AvgIpc) is 2.95. The Bertz CT molecular complexity index is 280. The van der Waals surface area contributed by atoms with Crippen LogP contribution in [0.3, 0.4) is 0 Å². The molecule has 0 aromatic heterocycles. The molecule has 1 saturated heterocycles. The molecule has 4 heteroatoms. The fourth-order valence-electron chi connectivity index (χ4n) is 2.63. The first kappa shape index (κ1) is 12.7. The molecule has 2 aliphatic rings. The molecule has 1 saturated carbocycles. The molecule has 1 heterocycles. The topological polar surface area (TPSA) is 50.4 Å². The molecule has 98 valence electrons. The number of hydrogen-bond donors (Lipinski definition) is 2. The van der Waals surface area contributed by atoms with Crippen LogP contribution in [0.25, 0.3) is 0 Å². The van der Waals surface area contributed by atoms with Gasteiger partial charge in [0.25, 0.3) is 0 Å². The molecule has 2 atom stereocenters. The normalized spacial score (nSPS) is 29.8. The molecule has 4 nitrogen and oxygen atoms in total. The molecular formula is C13H24N2O2. The van der Waals surface area contributed by atoms with Crippen molar-refractivity contribution in [1.29, 1.82) is 0 Å². The smallest absolute Gasteiger partial charge is 0.407 e. The minimum Gasteiger partial charge on any atom is -0.444 e. The second-order valence-electron chi connectivity index (χ2n) is 6.24. The second kappa shape index (κ2) is 4.84. The average molecular weight is 240 g/mol. The van der Waals surface area contributed by atoms with Gasteiger partial charge >= 0.3 is 6.09 Å². The highest BCUT2D eigenvalue weighted by Gasteiger charge is 2.44. The zero-order valence-corrected chi connectivity index (χ0v) is 11.1. The number of carbonyl (C=O) groups excluding carboxylic acids is 1. The largest absolute Gasteiger partial charge is 0.444 e. The summed E-state index contributed by atoms with van der Waals surface area (Å²) in [7, 11) is 0. The monoisotopic (exact) mass is 240 g/mol. The first-order valence-electron chi connectivity index (χ1n) is 6.66. The van der Waals surface area contributed by atoms with Gasteiger partial charge in [-0.25, -0.2) is 4.79 Å². The lowest BCUT2D eigenvalue weighted by molar-refractivity contribution is 0.0518. The van der Waals surface area contributed by atoms with E-state index >= 15 is 0 Å². The van der Waals surface area contributed by atoms with E-state index in [4.69, 9.17) is 4.74 Å². The summed E-state index contributed by atoms with van der Waals surface area (Å²) in [6.45, 7) is 7.93. The van der Waals surface area contributed by atoms with E-state index in [-0.39, 0.29) is 6.09 Å². The maximum atomic E-state index is 11.6. The van der Waals surface area contributed by atoms with Crippen LogP contribution in [0.2, 0.25) is 0 Å². The summed E-state index contributed by atoms with van der Waals surface area (Å²) in [5.41, 5.74) is -0.400.